The molecule has 0 bridgehead atoms. The fraction of sp³-hybridized carbons (Fsp3) is 0.733. The van der Waals surface area contributed by atoms with Crippen LogP contribution in [0.3, 0.4) is 0 Å². The molecular weight excluding hydrogens is 252 g/mol. The summed E-state index contributed by atoms with van der Waals surface area (Å²) in [6.07, 6.45) is 6.41. The monoisotopic (exact) mass is 278 g/mol. The number of carbonyl (C=O) groups is 1. The van der Waals surface area contributed by atoms with E-state index in [2.05, 4.69) is 15.7 Å². The number of rotatable bonds is 4. The summed E-state index contributed by atoms with van der Waals surface area (Å²) in [5.74, 6) is 0.0837. The van der Waals surface area contributed by atoms with Crippen molar-refractivity contribution in [1.29, 1.82) is 0 Å². The van der Waals surface area contributed by atoms with Gasteiger partial charge in [-0.25, -0.2) is 0 Å². The van der Waals surface area contributed by atoms with Crippen LogP contribution in [0.5, 0.6) is 0 Å². The highest BCUT2D eigenvalue weighted by atomic mass is 16.1. The summed E-state index contributed by atoms with van der Waals surface area (Å²) >= 11 is 0. The Labute approximate surface area is 121 Å². The molecule has 0 aliphatic heterocycles. The third-order valence-corrected chi connectivity index (χ3v) is 4.61. The number of anilines is 1. The van der Waals surface area contributed by atoms with Gasteiger partial charge in [-0.3, -0.25) is 9.48 Å². The van der Waals surface area contributed by atoms with Gasteiger partial charge in [-0.15, -0.1) is 0 Å². The smallest absolute Gasteiger partial charge is 0.226 e. The number of hydrogen-bond donors (Lipinski definition) is 2. The maximum atomic E-state index is 12.4. The van der Waals surface area contributed by atoms with Crippen LogP contribution in [0.15, 0.2) is 0 Å². The van der Waals surface area contributed by atoms with Crippen LogP contribution in [0.2, 0.25) is 0 Å². The average Bonchev–Trinajstić information content (AvgIpc) is 2.66. The number of aromatic nitrogens is 2. The molecule has 1 fully saturated rings. The van der Waals surface area contributed by atoms with E-state index in [-0.39, 0.29) is 11.4 Å². The van der Waals surface area contributed by atoms with E-state index in [0.717, 1.165) is 29.9 Å². The maximum absolute atomic E-state index is 12.4. The third kappa shape index (κ3) is 3.03. The molecule has 20 heavy (non-hydrogen) atoms. The van der Waals surface area contributed by atoms with Gasteiger partial charge >= 0.3 is 0 Å². The van der Waals surface area contributed by atoms with Gasteiger partial charge in [0.25, 0.3) is 0 Å². The van der Waals surface area contributed by atoms with Crippen LogP contribution in [-0.2, 0) is 11.8 Å². The Morgan fingerprint density at radius 2 is 1.95 bits per heavy atom. The topological polar surface area (TPSA) is 59.0 Å². The van der Waals surface area contributed by atoms with Crippen molar-refractivity contribution in [2.24, 2.45) is 7.05 Å². The molecule has 5 nitrogen and oxygen atoms in total. The lowest BCUT2D eigenvalue weighted by molar-refractivity contribution is -0.117. The normalized spacial score (nSPS) is 18.0. The van der Waals surface area contributed by atoms with Crippen LogP contribution in [0.4, 0.5) is 5.69 Å². The number of nitrogens with one attached hydrogen (secondary N) is 2. The molecule has 1 aliphatic rings. The van der Waals surface area contributed by atoms with Gasteiger partial charge in [0.2, 0.25) is 5.91 Å². The molecule has 112 valence electrons. The number of carbonyl (C=O) groups excluding carboxylic acids is 1. The molecular formula is C15H26N4O. The molecule has 1 heterocycles. The number of amides is 1. The summed E-state index contributed by atoms with van der Waals surface area (Å²) in [6, 6.07) is 0. The SMILES string of the molecule is CNC1(CC(=O)Nc2c(C)nn(C)c2C)CCCCC1. The molecule has 0 saturated heterocycles. The van der Waals surface area contributed by atoms with E-state index in [9.17, 15) is 4.79 Å². The lowest BCUT2D eigenvalue weighted by Gasteiger charge is -2.36. The van der Waals surface area contributed by atoms with Crippen molar-refractivity contribution >= 4 is 11.6 Å². The molecule has 1 aliphatic carbocycles. The highest BCUT2D eigenvalue weighted by Gasteiger charge is 2.32. The van der Waals surface area contributed by atoms with Gasteiger partial charge in [-0.1, -0.05) is 19.3 Å². The Bertz CT molecular complexity index is 486. The van der Waals surface area contributed by atoms with Gasteiger partial charge in [0.1, 0.15) is 0 Å². The fourth-order valence-corrected chi connectivity index (χ4v) is 3.19. The van der Waals surface area contributed by atoms with Gasteiger partial charge in [-0.05, 0) is 33.7 Å². The van der Waals surface area contributed by atoms with E-state index >= 15 is 0 Å². The van der Waals surface area contributed by atoms with Crippen molar-refractivity contribution in [2.75, 3.05) is 12.4 Å². The average molecular weight is 278 g/mol. The van der Waals surface area contributed by atoms with Crippen molar-refractivity contribution in [3.05, 3.63) is 11.4 Å². The summed E-state index contributed by atoms with van der Waals surface area (Å²) in [7, 11) is 3.87. The van der Waals surface area contributed by atoms with Crippen molar-refractivity contribution in [3.63, 3.8) is 0 Å². The largest absolute Gasteiger partial charge is 0.323 e. The zero-order valence-electron chi connectivity index (χ0n) is 13.0. The predicted molar refractivity (Wildman–Crippen MR) is 80.8 cm³/mol. The van der Waals surface area contributed by atoms with Gasteiger partial charge in [0, 0.05) is 19.0 Å². The van der Waals surface area contributed by atoms with Crippen LogP contribution in [0.1, 0.15) is 49.9 Å². The first kappa shape index (κ1) is 15.0. The van der Waals surface area contributed by atoms with Crippen molar-refractivity contribution in [3.8, 4) is 0 Å². The zero-order chi connectivity index (χ0) is 14.8. The quantitative estimate of drug-likeness (QED) is 0.888. The second-order valence-electron chi connectivity index (χ2n) is 5.99. The van der Waals surface area contributed by atoms with E-state index < -0.39 is 0 Å². The van der Waals surface area contributed by atoms with Gasteiger partial charge < -0.3 is 10.6 Å². The van der Waals surface area contributed by atoms with E-state index in [0.29, 0.717) is 6.42 Å². The maximum Gasteiger partial charge on any atom is 0.226 e. The standard InChI is InChI=1S/C15H26N4O/c1-11-14(12(2)19(4)18-11)17-13(20)10-15(16-3)8-6-5-7-9-15/h16H,5-10H2,1-4H3,(H,17,20). The molecule has 5 heteroatoms. The molecule has 0 unspecified atom stereocenters. The first-order valence-corrected chi connectivity index (χ1v) is 7.46. The van der Waals surface area contributed by atoms with E-state index in [4.69, 9.17) is 0 Å². The lowest BCUT2D eigenvalue weighted by atomic mass is 9.79. The predicted octanol–water partition coefficient (Wildman–Crippen LogP) is 2.29. The molecule has 0 spiro atoms. The molecule has 0 aromatic carbocycles. The number of nitrogens with zero attached hydrogens (tertiary/aromatic N) is 2. The minimum absolute atomic E-state index is 0.0215. The fourth-order valence-electron chi connectivity index (χ4n) is 3.19. The van der Waals surface area contributed by atoms with E-state index in [1.807, 2.05) is 27.9 Å². The van der Waals surface area contributed by atoms with Crippen molar-refractivity contribution in [2.45, 2.75) is 57.9 Å². The zero-order valence-corrected chi connectivity index (χ0v) is 13.0. The number of hydrogen-bond acceptors (Lipinski definition) is 3. The minimum Gasteiger partial charge on any atom is -0.323 e. The van der Waals surface area contributed by atoms with Crippen LogP contribution < -0.4 is 10.6 Å². The van der Waals surface area contributed by atoms with Crippen LogP contribution in [0.25, 0.3) is 0 Å². The highest BCUT2D eigenvalue weighted by Crippen LogP contribution is 2.31. The Hall–Kier alpha value is -1.36. The first-order valence-electron chi connectivity index (χ1n) is 7.46. The Kier molecular flexibility index (Phi) is 4.48. The van der Waals surface area contributed by atoms with Gasteiger partial charge in [-0.2, -0.15) is 5.10 Å². The second-order valence-corrected chi connectivity index (χ2v) is 5.99. The molecule has 2 N–H and O–H groups in total. The van der Waals surface area contributed by atoms with Gasteiger partial charge in [0.05, 0.1) is 17.1 Å². The summed E-state index contributed by atoms with van der Waals surface area (Å²) in [5.41, 5.74) is 2.71. The third-order valence-electron chi connectivity index (χ3n) is 4.61. The summed E-state index contributed by atoms with van der Waals surface area (Å²) < 4.78 is 1.80. The first-order chi connectivity index (χ1) is 9.47. The van der Waals surface area contributed by atoms with Crippen LogP contribution >= 0.6 is 0 Å². The van der Waals surface area contributed by atoms with Crippen LogP contribution in [-0.4, -0.2) is 28.3 Å². The molecule has 0 radical (unpaired) electrons. The molecule has 2 rings (SSSR count). The molecule has 1 saturated carbocycles. The summed E-state index contributed by atoms with van der Waals surface area (Å²) in [6.45, 7) is 3.90. The lowest BCUT2D eigenvalue weighted by Crippen LogP contribution is -2.47. The molecule has 1 aromatic heterocycles. The van der Waals surface area contributed by atoms with Gasteiger partial charge in [0.15, 0.2) is 0 Å². The summed E-state index contributed by atoms with van der Waals surface area (Å²) in [5, 5.41) is 10.8. The Morgan fingerprint density at radius 3 is 2.45 bits per heavy atom. The number of aryl methyl sites for hydroxylation is 2. The molecule has 1 amide bonds. The van der Waals surface area contributed by atoms with Crippen molar-refractivity contribution in [1.82, 2.24) is 15.1 Å². The Morgan fingerprint density at radius 1 is 1.30 bits per heavy atom. The molecule has 1 aromatic rings. The van der Waals surface area contributed by atoms with Crippen molar-refractivity contribution < 1.29 is 4.79 Å². The minimum atomic E-state index is -0.0215. The van der Waals surface area contributed by atoms with Crippen LogP contribution in [0, 0.1) is 13.8 Å². The Balaban J connectivity index is 2.04. The summed E-state index contributed by atoms with van der Waals surface area (Å²) in [4.78, 5) is 12.4. The highest BCUT2D eigenvalue weighted by molar-refractivity contribution is 5.92. The molecule has 0 atom stereocenters. The van der Waals surface area contributed by atoms with E-state index in [1.54, 1.807) is 4.68 Å². The van der Waals surface area contributed by atoms with E-state index in [1.165, 1.54) is 19.3 Å². The second kappa shape index (κ2) is 5.95.